The van der Waals surface area contributed by atoms with E-state index in [1.807, 2.05) is 43.7 Å². The Morgan fingerprint density at radius 3 is 2.67 bits per heavy atom. The van der Waals surface area contributed by atoms with Gasteiger partial charge in [0.25, 0.3) is 0 Å². The molecular weight excluding hydrogens is 224 g/mol. The van der Waals surface area contributed by atoms with Gasteiger partial charge in [0.15, 0.2) is 5.82 Å². The van der Waals surface area contributed by atoms with Crippen molar-refractivity contribution in [3.8, 4) is 11.8 Å². The van der Waals surface area contributed by atoms with E-state index in [9.17, 15) is 5.26 Å². The quantitative estimate of drug-likeness (QED) is 0.828. The van der Waals surface area contributed by atoms with Gasteiger partial charge in [-0.05, 0) is 18.6 Å². The van der Waals surface area contributed by atoms with E-state index in [0.717, 1.165) is 35.7 Å². The normalized spacial score (nSPS) is 10.3. The van der Waals surface area contributed by atoms with Crippen LogP contribution < -0.4 is 0 Å². The number of benzene rings is 1. The van der Waals surface area contributed by atoms with E-state index in [-0.39, 0.29) is 0 Å². The monoisotopic (exact) mass is 240 g/mol. The van der Waals surface area contributed by atoms with E-state index in [1.54, 1.807) is 0 Å². The fraction of sp³-hybridized carbons (Fsp3) is 0.357. The Labute approximate surface area is 107 Å². The Kier molecular flexibility index (Phi) is 3.42. The number of hydrogen-bond acceptors (Lipinski definition) is 3. The van der Waals surface area contributed by atoms with Crippen LogP contribution in [0.5, 0.6) is 0 Å². The Morgan fingerprint density at radius 1 is 1.28 bits per heavy atom. The van der Waals surface area contributed by atoms with Gasteiger partial charge in [0.2, 0.25) is 0 Å². The van der Waals surface area contributed by atoms with Crippen LogP contribution in [0.1, 0.15) is 36.6 Å². The van der Waals surface area contributed by atoms with Crippen molar-refractivity contribution in [3.05, 3.63) is 41.0 Å². The summed E-state index contributed by atoms with van der Waals surface area (Å²) in [7, 11) is 0. The zero-order valence-electron chi connectivity index (χ0n) is 10.9. The Morgan fingerprint density at radius 2 is 2.06 bits per heavy atom. The van der Waals surface area contributed by atoms with Crippen LogP contribution in [-0.2, 0) is 12.8 Å². The number of hydrogen-bond donors (Lipinski definition) is 0. The SMILES string of the molecule is CCc1nc(CC)n(-c2c(C)cccc2C#N)n1. The fourth-order valence-corrected chi connectivity index (χ4v) is 1.98. The van der Waals surface area contributed by atoms with E-state index < -0.39 is 0 Å². The molecule has 4 nitrogen and oxygen atoms in total. The molecule has 1 heterocycles. The molecule has 0 spiro atoms. The molecular formula is C14H16N4. The zero-order chi connectivity index (χ0) is 13.1. The Bertz CT molecular complexity index is 605. The molecule has 18 heavy (non-hydrogen) atoms. The average molecular weight is 240 g/mol. The van der Waals surface area contributed by atoms with Crippen molar-refractivity contribution in [1.29, 1.82) is 5.26 Å². The molecule has 0 atom stereocenters. The van der Waals surface area contributed by atoms with Crippen molar-refractivity contribution >= 4 is 0 Å². The molecule has 0 bridgehead atoms. The van der Waals surface area contributed by atoms with Gasteiger partial charge in [0.05, 0.1) is 11.3 Å². The molecule has 0 fully saturated rings. The molecule has 0 aliphatic carbocycles. The standard InChI is InChI=1S/C14H16N4/c1-4-12-16-13(5-2)18(17-12)14-10(3)7-6-8-11(14)9-15/h6-8H,4-5H2,1-3H3. The van der Waals surface area contributed by atoms with E-state index in [4.69, 9.17) is 0 Å². The molecule has 0 unspecified atom stereocenters. The first-order valence-electron chi connectivity index (χ1n) is 6.16. The zero-order valence-corrected chi connectivity index (χ0v) is 10.9. The van der Waals surface area contributed by atoms with E-state index in [2.05, 4.69) is 16.2 Å². The molecule has 4 heteroatoms. The highest BCUT2D eigenvalue weighted by atomic mass is 15.4. The summed E-state index contributed by atoms with van der Waals surface area (Å²) < 4.78 is 1.81. The maximum Gasteiger partial charge on any atom is 0.151 e. The van der Waals surface area contributed by atoms with Crippen LogP contribution in [0.4, 0.5) is 0 Å². The minimum absolute atomic E-state index is 0.636. The average Bonchev–Trinajstić information content (AvgIpc) is 2.81. The van der Waals surface area contributed by atoms with E-state index in [0.29, 0.717) is 5.56 Å². The van der Waals surface area contributed by atoms with Gasteiger partial charge in [-0.15, -0.1) is 0 Å². The summed E-state index contributed by atoms with van der Waals surface area (Å²) in [4.78, 5) is 4.48. The van der Waals surface area contributed by atoms with Crippen LogP contribution >= 0.6 is 0 Å². The third-order valence-corrected chi connectivity index (χ3v) is 2.92. The van der Waals surface area contributed by atoms with Crippen molar-refractivity contribution in [1.82, 2.24) is 14.8 Å². The summed E-state index contributed by atoms with van der Waals surface area (Å²) in [6.45, 7) is 6.06. The third kappa shape index (κ3) is 2.00. The van der Waals surface area contributed by atoms with Gasteiger partial charge < -0.3 is 0 Å². The predicted octanol–water partition coefficient (Wildman–Crippen LogP) is 2.57. The molecule has 0 saturated carbocycles. The number of aryl methyl sites for hydroxylation is 3. The van der Waals surface area contributed by atoms with Crippen LogP contribution in [-0.4, -0.2) is 14.8 Å². The second-order valence-electron chi connectivity index (χ2n) is 4.15. The number of para-hydroxylation sites is 1. The van der Waals surface area contributed by atoms with Gasteiger partial charge in [-0.1, -0.05) is 26.0 Å². The summed E-state index contributed by atoms with van der Waals surface area (Å²) >= 11 is 0. The van der Waals surface area contributed by atoms with Gasteiger partial charge >= 0.3 is 0 Å². The minimum atomic E-state index is 0.636. The first-order valence-corrected chi connectivity index (χ1v) is 6.16. The lowest BCUT2D eigenvalue weighted by Gasteiger charge is -2.09. The molecule has 92 valence electrons. The summed E-state index contributed by atoms with van der Waals surface area (Å²) in [5.41, 5.74) is 2.53. The number of rotatable bonds is 3. The number of nitriles is 1. The van der Waals surface area contributed by atoms with Crippen molar-refractivity contribution in [2.75, 3.05) is 0 Å². The van der Waals surface area contributed by atoms with Gasteiger partial charge in [-0.25, -0.2) is 9.67 Å². The summed E-state index contributed by atoms with van der Waals surface area (Å²) in [6, 6.07) is 7.92. The molecule has 2 aromatic rings. The first kappa shape index (κ1) is 12.3. The molecule has 0 aliphatic heterocycles. The number of aromatic nitrogens is 3. The molecule has 1 aromatic carbocycles. The van der Waals surface area contributed by atoms with E-state index >= 15 is 0 Å². The van der Waals surface area contributed by atoms with Crippen LogP contribution in [0, 0.1) is 18.3 Å². The minimum Gasteiger partial charge on any atom is -0.216 e. The summed E-state index contributed by atoms with van der Waals surface area (Å²) in [5.74, 6) is 1.72. The lowest BCUT2D eigenvalue weighted by Crippen LogP contribution is -2.06. The largest absolute Gasteiger partial charge is 0.216 e. The smallest absolute Gasteiger partial charge is 0.151 e. The predicted molar refractivity (Wildman–Crippen MR) is 69.6 cm³/mol. The highest BCUT2D eigenvalue weighted by Gasteiger charge is 2.14. The molecule has 0 saturated heterocycles. The molecule has 0 aliphatic rings. The highest BCUT2D eigenvalue weighted by molar-refractivity contribution is 5.53. The number of nitrogens with zero attached hydrogens (tertiary/aromatic N) is 4. The molecule has 2 rings (SSSR count). The Balaban J connectivity index is 2.69. The van der Waals surface area contributed by atoms with Crippen molar-refractivity contribution < 1.29 is 0 Å². The molecule has 0 N–H and O–H groups in total. The van der Waals surface area contributed by atoms with Gasteiger partial charge in [0.1, 0.15) is 11.9 Å². The van der Waals surface area contributed by atoms with Crippen LogP contribution in [0.2, 0.25) is 0 Å². The molecule has 0 amide bonds. The lowest BCUT2D eigenvalue weighted by atomic mass is 10.1. The topological polar surface area (TPSA) is 54.5 Å². The van der Waals surface area contributed by atoms with Crippen LogP contribution in [0.15, 0.2) is 18.2 Å². The van der Waals surface area contributed by atoms with Crippen molar-refractivity contribution in [2.24, 2.45) is 0 Å². The van der Waals surface area contributed by atoms with Gasteiger partial charge in [0, 0.05) is 12.8 Å². The van der Waals surface area contributed by atoms with Crippen molar-refractivity contribution in [2.45, 2.75) is 33.6 Å². The second-order valence-corrected chi connectivity index (χ2v) is 4.15. The highest BCUT2D eigenvalue weighted by Crippen LogP contribution is 2.20. The van der Waals surface area contributed by atoms with E-state index in [1.165, 1.54) is 0 Å². The summed E-state index contributed by atoms with van der Waals surface area (Å²) in [5, 5.41) is 13.7. The fourth-order valence-electron chi connectivity index (χ4n) is 1.98. The van der Waals surface area contributed by atoms with Gasteiger partial charge in [-0.2, -0.15) is 10.4 Å². The molecule has 1 aromatic heterocycles. The second kappa shape index (κ2) is 5.01. The Hall–Kier alpha value is -2.15. The summed E-state index contributed by atoms with van der Waals surface area (Å²) in [6.07, 6.45) is 1.60. The van der Waals surface area contributed by atoms with Crippen LogP contribution in [0.3, 0.4) is 0 Å². The maximum absolute atomic E-state index is 9.22. The van der Waals surface area contributed by atoms with Gasteiger partial charge in [-0.3, -0.25) is 0 Å². The lowest BCUT2D eigenvalue weighted by molar-refractivity contribution is 0.784. The third-order valence-electron chi connectivity index (χ3n) is 2.92. The first-order chi connectivity index (χ1) is 8.71. The van der Waals surface area contributed by atoms with Crippen LogP contribution in [0.25, 0.3) is 5.69 Å². The maximum atomic E-state index is 9.22. The molecule has 0 radical (unpaired) electrons. The van der Waals surface area contributed by atoms with Crippen molar-refractivity contribution in [3.63, 3.8) is 0 Å².